The molecule has 1 saturated heterocycles. The minimum Gasteiger partial charge on any atom is -0.353 e. The normalized spacial score (nSPS) is 22.4. The predicted octanol–water partition coefficient (Wildman–Crippen LogP) is 3.34. The number of hydrogen-bond donors (Lipinski definition) is 1. The Kier molecular flexibility index (Phi) is 5.82. The van der Waals surface area contributed by atoms with Crippen molar-refractivity contribution < 1.29 is 13.6 Å². The van der Waals surface area contributed by atoms with E-state index >= 15 is 0 Å². The van der Waals surface area contributed by atoms with Gasteiger partial charge < -0.3 is 5.32 Å². The number of carbonyl (C=O) groups is 1. The van der Waals surface area contributed by atoms with Crippen LogP contribution in [0.2, 0.25) is 0 Å². The highest BCUT2D eigenvalue weighted by Crippen LogP contribution is 2.33. The monoisotopic (exact) mass is 336 g/mol. The van der Waals surface area contributed by atoms with E-state index in [4.69, 9.17) is 0 Å². The van der Waals surface area contributed by atoms with Crippen molar-refractivity contribution >= 4 is 5.91 Å². The molecule has 1 atom stereocenters. The van der Waals surface area contributed by atoms with Gasteiger partial charge in [-0.2, -0.15) is 0 Å². The van der Waals surface area contributed by atoms with Gasteiger partial charge in [-0.25, -0.2) is 8.78 Å². The average molecular weight is 336 g/mol. The van der Waals surface area contributed by atoms with Crippen LogP contribution in [0.4, 0.5) is 8.78 Å². The van der Waals surface area contributed by atoms with Gasteiger partial charge in [0.15, 0.2) is 0 Å². The molecule has 2 aliphatic rings. The summed E-state index contributed by atoms with van der Waals surface area (Å²) in [4.78, 5) is 14.2. The Morgan fingerprint density at radius 2 is 1.96 bits per heavy atom. The molecule has 1 aliphatic carbocycles. The lowest BCUT2D eigenvalue weighted by molar-refractivity contribution is -0.122. The van der Waals surface area contributed by atoms with Crippen LogP contribution in [0.1, 0.15) is 49.1 Å². The highest BCUT2D eigenvalue weighted by molar-refractivity contribution is 5.77. The number of carbonyl (C=O) groups excluding carboxylic acids is 1. The SMILES string of the molecule is O=C(C[C@@H]1CCCc2ccccc21)NC1CCN(CC(F)F)CC1. The van der Waals surface area contributed by atoms with Gasteiger partial charge in [-0.1, -0.05) is 24.3 Å². The zero-order valence-corrected chi connectivity index (χ0v) is 14.0. The highest BCUT2D eigenvalue weighted by Gasteiger charge is 2.25. The molecule has 132 valence electrons. The van der Waals surface area contributed by atoms with Gasteiger partial charge in [-0.05, 0) is 49.1 Å². The summed E-state index contributed by atoms with van der Waals surface area (Å²) in [6.07, 6.45) is 3.10. The second kappa shape index (κ2) is 8.06. The molecule has 0 radical (unpaired) electrons. The summed E-state index contributed by atoms with van der Waals surface area (Å²) in [5.41, 5.74) is 2.70. The molecule has 0 saturated carbocycles. The number of hydrogen-bond acceptors (Lipinski definition) is 2. The maximum Gasteiger partial charge on any atom is 0.251 e. The minimum atomic E-state index is -2.28. The van der Waals surface area contributed by atoms with Gasteiger partial charge in [0, 0.05) is 25.6 Å². The fourth-order valence-corrected chi connectivity index (χ4v) is 4.03. The third-order valence-corrected chi connectivity index (χ3v) is 5.27. The number of likely N-dealkylation sites (tertiary alicyclic amines) is 1. The first-order chi connectivity index (χ1) is 11.6. The van der Waals surface area contributed by atoms with E-state index in [0.29, 0.717) is 25.4 Å². The van der Waals surface area contributed by atoms with E-state index in [1.54, 1.807) is 4.90 Å². The predicted molar refractivity (Wildman–Crippen MR) is 90.3 cm³/mol. The first-order valence-corrected chi connectivity index (χ1v) is 8.99. The molecule has 1 heterocycles. The molecule has 0 spiro atoms. The Morgan fingerprint density at radius 1 is 1.21 bits per heavy atom. The fourth-order valence-electron chi connectivity index (χ4n) is 4.03. The van der Waals surface area contributed by atoms with Gasteiger partial charge >= 0.3 is 0 Å². The molecule has 24 heavy (non-hydrogen) atoms. The van der Waals surface area contributed by atoms with Gasteiger partial charge in [-0.15, -0.1) is 0 Å². The lowest BCUT2D eigenvalue weighted by Gasteiger charge is -2.32. The van der Waals surface area contributed by atoms with Crippen molar-refractivity contribution in [1.82, 2.24) is 10.2 Å². The maximum absolute atomic E-state index is 12.4. The average Bonchev–Trinajstić information content (AvgIpc) is 2.56. The number of fused-ring (bicyclic) bond motifs is 1. The van der Waals surface area contributed by atoms with Crippen LogP contribution in [0.5, 0.6) is 0 Å². The minimum absolute atomic E-state index is 0.101. The van der Waals surface area contributed by atoms with Gasteiger partial charge in [0.05, 0.1) is 6.54 Å². The van der Waals surface area contributed by atoms with Crippen LogP contribution in [-0.2, 0) is 11.2 Å². The smallest absolute Gasteiger partial charge is 0.251 e. The molecule has 0 unspecified atom stereocenters. The number of aryl methyl sites for hydroxylation is 1. The molecule has 1 aromatic rings. The molecule has 3 rings (SSSR count). The summed E-state index contributed by atoms with van der Waals surface area (Å²) >= 11 is 0. The summed E-state index contributed by atoms with van der Waals surface area (Å²) in [5, 5.41) is 3.12. The number of nitrogens with one attached hydrogen (secondary N) is 1. The third-order valence-electron chi connectivity index (χ3n) is 5.27. The highest BCUT2D eigenvalue weighted by atomic mass is 19.3. The number of rotatable bonds is 5. The summed E-state index contributed by atoms with van der Waals surface area (Å²) in [5.74, 6) is 0.415. The lowest BCUT2D eigenvalue weighted by atomic mass is 9.81. The number of piperidine rings is 1. The summed E-state index contributed by atoms with van der Waals surface area (Å²) in [6, 6.07) is 8.56. The summed E-state index contributed by atoms with van der Waals surface area (Å²) < 4.78 is 24.8. The molecule has 0 aromatic heterocycles. The van der Waals surface area contributed by atoms with Crippen molar-refractivity contribution in [2.24, 2.45) is 0 Å². The zero-order chi connectivity index (χ0) is 16.9. The van der Waals surface area contributed by atoms with Crippen molar-refractivity contribution in [2.75, 3.05) is 19.6 Å². The van der Waals surface area contributed by atoms with E-state index in [9.17, 15) is 13.6 Å². The molecule has 1 amide bonds. The second-order valence-electron chi connectivity index (χ2n) is 7.03. The number of halogens is 2. The first kappa shape index (κ1) is 17.3. The second-order valence-corrected chi connectivity index (χ2v) is 7.03. The van der Waals surface area contributed by atoms with Crippen molar-refractivity contribution in [3.63, 3.8) is 0 Å². The molecule has 1 aromatic carbocycles. The van der Waals surface area contributed by atoms with Crippen LogP contribution >= 0.6 is 0 Å². The Bertz CT molecular complexity index is 556. The van der Waals surface area contributed by atoms with Crippen LogP contribution < -0.4 is 5.32 Å². The van der Waals surface area contributed by atoms with Gasteiger partial charge in [0.1, 0.15) is 0 Å². The Labute approximate surface area is 142 Å². The fraction of sp³-hybridized carbons (Fsp3) is 0.632. The van der Waals surface area contributed by atoms with Crippen LogP contribution in [-0.4, -0.2) is 42.9 Å². The number of alkyl halides is 2. The molecule has 1 fully saturated rings. The van der Waals surface area contributed by atoms with Crippen LogP contribution in [0, 0.1) is 0 Å². The maximum atomic E-state index is 12.4. The summed E-state index contributed by atoms with van der Waals surface area (Å²) in [7, 11) is 0. The van der Waals surface area contributed by atoms with E-state index < -0.39 is 6.43 Å². The molecule has 3 nitrogen and oxygen atoms in total. The Balaban J connectivity index is 1.47. The van der Waals surface area contributed by atoms with Gasteiger partial charge in [-0.3, -0.25) is 9.69 Å². The van der Waals surface area contributed by atoms with E-state index in [0.717, 1.165) is 32.1 Å². The molecule has 1 N–H and O–H groups in total. The molecule has 1 aliphatic heterocycles. The Hall–Kier alpha value is -1.49. The largest absolute Gasteiger partial charge is 0.353 e. The zero-order valence-electron chi connectivity index (χ0n) is 14.0. The van der Waals surface area contributed by atoms with Crippen LogP contribution in [0.3, 0.4) is 0 Å². The standard InChI is InChI=1S/C19H26F2N2O/c20-18(21)13-23-10-8-16(9-11-23)22-19(24)12-15-6-3-5-14-4-1-2-7-17(14)15/h1-2,4,7,15-16,18H,3,5-6,8-13H2,(H,22,24)/t15-/m0/s1. The molecule has 5 heteroatoms. The third kappa shape index (κ3) is 4.53. The number of nitrogens with zero attached hydrogens (tertiary/aromatic N) is 1. The first-order valence-electron chi connectivity index (χ1n) is 8.99. The van der Waals surface area contributed by atoms with Crippen molar-refractivity contribution in [3.05, 3.63) is 35.4 Å². The van der Waals surface area contributed by atoms with Crippen LogP contribution in [0.15, 0.2) is 24.3 Å². The molecule has 0 bridgehead atoms. The quantitative estimate of drug-likeness (QED) is 0.894. The van der Waals surface area contributed by atoms with Crippen molar-refractivity contribution in [2.45, 2.75) is 56.9 Å². The van der Waals surface area contributed by atoms with Crippen molar-refractivity contribution in [1.29, 1.82) is 0 Å². The topological polar surface area (TPSA) is 32.3 Å². The molecular formula is C19H26F2N2O. The van der Waals surface area contributed by atoms with E-state index in [1.807, 2.05) is 6.07 Å². The van der Waals surface area contributed by atoms with E-state index in [-0.39, 0.29) is 18.5 Å². The summed E-state index contributed by atoms with van der Waals surface area (Å²) in [6.45, 7) is 1.13. The number of amides is 1. The number of benzene rings is 1. The van der Waals surface area contributed by atoms with Crippen LogP contribution in [0.25, 0.3) is 0 Å². The van der Waals surface area contributed by atoms with Gasteiger partial charge in [0.2, 0.25) is 5.91 Å². The van der Waals surface area contributed by atoms with Crippen molar-refractivity contribution in [3.8, 4) is 0 Å². The molecular weight excluding hydrogens is 310 g/mol. The lowest BCUT2D eigenvalue weighted by Crippen LogP contribution is -2.46. The van der Waals surface area contributed by atoms with E-state index in [2.05, 4.69) is 23.5 Å². The van der Waals surface area contributed by atoms with Gasteiger partial charge in [0.25, 0.3) is 6.43 Å². The Morgan fingerprint density at radius 3 is 2.71 bits per heavy atom. The van der Waals surface area contributed by atoms with E-state index in [1.165, 1.54) is 11.1 Å².